The zero-order valence-electron chi connectivity index (χ0n) is 16.3. The van der Waals surface area contributed by atoms with Crippen LogP contribution in [0.4, 0.5) is 0 Å². The van der Waals surface area contributed by atoms with Gasteiger partial charge in [0.25, 0.3) is 0 Å². The van der Waals surface area contributed by atoms with Gasteiger partial charge in [0.05, 0.1) is 0 Å². The maximum atomic E-state index is 11.3. The van der Waals surface area contributed by atoms with E-state index in [-0.39, 0.29) is 5.41 Å². The second-order valence-corrected chi connectivity index (χ2v) is 7.34. The molecule has 136 valence electrons. The lowest BCUT2D eigenvalue weighted by molar-refractivity contribution is -0.154. The van der Waals surface area contributed by atoms with Crippen LogP contribution in [-0.2, 0) is 14.3 Å². The normalized spacial score (nSPS) is 19.0. The first-order chi connectivity index (χ1) is 11.6. The molecule has 0 saturated carbocycles. The Hall–Kier alpha value is -2.16. The van der Waals surface area contributed by atoms with Crippen molar-refractivity contribution in [2.24, 2.45) is 5.41 Å². The Balaban J connectivity index is 2.74. The van der Waals surface area contributed by atoms with E-state index in [0.29, 0.717) is 0 Å². The van der Waals surface area contributed by atoms with Gasteiger partial charge in [-0.1, -0.05) is 55.4 Å². The van der Waals surface area contributed by atoms with Crippen molar-refractivity contribution in [2.45, 2.75) is 60.8 Å². The van der Waals surface area contributed by atoms with Crippen molar-refractivity contribution in [1.82, 2.24) is 0 Å². The average molecular weight is 342 g/mol. The molecule has 0 amide bonds. The van der Waals surface area contributed by atoms with Gasteiger partial charge in [0, 0.05) is 13.0 Å². The first-order valence-electron chi connectivity index (χ1n) is 8.76. The predicted molar refractivity (Wildman–Crippen MR) is 103 cm³/mol. The molecule has 1 rings (SSSR count). The van der Waals surface area contributed by atoms with E-state index in [1.54, 1.807) is 6.92 Å². The fraction of sp³-hybridized carbons (Fsp3) is 0.455. The summed E-state index contributed by atoms with van der Waals surface area (Å²) < 4.78 is 4.46. The summed E-state index contributed by atoms with van der Waals surface area (Å²) in [6.07, 6.45) is 15.1. The molecule has 1 aliphatic carbocycles. The van der Waals surface area contributed by atoms with Crippen molar-refractivity contribution >= 4 is 11.9 Å². The molecule has 0 aliphatic heterocycles. The molecule has 0 aromatic carbocycles. The summed E-state index contributed by atoms with van der Waals surface area (Å²) in [6.45, 7) is 11.9. The molecule has 3 nitrogen and oxygen atoms in total. The second kappa shape index (κ2) is 9.36. The first-order valence-corrected chi connectivity index (χ1v) is 8.76. The highest BCUT2D eigenvalue weighted by Crippen LogP contribution is 2.40. The molecule has 1 aliphatic rings. The molecule has 0 spiro atoms. The Morgan fingerprint density at radius 2 is 1.76 bits per heavy atom. The molecule has 0 aromatic rings. The standard InChI is InChI=1S/C22H30O3/c1-16(9-7-10-17(2)15-21(24)25-19(4)23)12-13-20-18(3)11-8-14-22(20,5)6/h7,9-10,12-13,15H,8,11,14H2,1-6H3/b10-7?,13-12?,16-9?,17-15+. The number of hydrogen-bond acceptors (Lipinski definition) is 3. The summed E-state index contributed by atoms with van der Waals surface area (Å²) in [6, 6.07) is 0. The Morgan fingerprint density at radius 3 is 2.36 bits per heavy atom. The molecule has 0 heterocycles. The number of allylic oxidation sites excluding steroid dienone is 9. The Kier molecular flexibility index (Phi) is 7.82. The number of esters is 2. The van der Waals surface area contributed by atoms with Crippen molar-refractivity contribution in [1.29, 1.82) is 0 Å². The van der Waals surface area contributed by atoms with Crippen LogP contribution in [0, 0.1) is 5.41 Å². The van der Waals surface area contributed by atoms with Gasteiger partial charge in [-0.3, -0.25) is 4.79 Å². The van der Waals surface area contributed by atoms with Gasteiger partial charge >= 0.3 is 11.9 Å². The maximum Gasteiger partial charge on any atom is 0.338 e. The summed E-state index contributed by atoms with van der Waals surface area (Å²) in [5.41, 5.74) is 5.03. The molecule has 0 atom stereocenters. The van der Waals surface area contributed by atoms with Crippen LogP contribution in [0.1, 0.15) is 60.8 Å². The molecule has 0 fully saturated rings. The summed E-state index contributed by atoms with van der Waals surface area (Å²) >= 11 is 0. The Morgan fingerprint density at radius 1 is 1.08 bits per heavy atom. The lowest BCUT2D eigenvalue weighted by Crippen LogP contribution is -2.19. The zero-order valence-corrected chi connectivity index (χ0v) is 16.3. The lowest BCUT2D eigenvalue weighted by atomic mass is 9.72. The van der Waals surface area contributed by atoms with E-state index in [1.807, 2.05) is 18.2 Å². The SMILES string of the molecule is CC(=O)OC(=O)/C=C(\C)C=CC=C(C)C=CC1=C(C)CCCC1(C)C. The molecule has 0 saturated heterocycles. The van der Waals surface area contributed by atoms with E-state index in [1.165, 1.54) is 43.4 Å². The van der Waals surface area contributed by atoms with Crippen LogP contribution in [-0.4, -0.2) is 11.9 Å². The minimum atomic E-state index is -0.641. The molecule has 0 aromatic heterocycles. The molecule has 0 bridgehead atoms. The van der Waals surface area contributed by atoms with E-state index in [9.17, 15) is 9.59 Å². The van der Waals surface area contributed by atoms with Gasteiger partial charge in [-0.05, 0) is 56.6 Å². The topological polar surface area (TPSA) is 43.4 Å². The number of carbonyl (C=O) groups is 2. The predicted octanol–water partition coefficient (Wildman–Crippen LogP) is 5.61. The number of carbonyl (C=O) groups excluding carboxylic acids is 2. The number of rotatable bonds is 5. The third kappa shape index (κ3) is 7.51. The molecule has 0 N–H and O–H groups in total. The molecule has 0 unspecified atom stereocenters. The van der Waals surface area contributed by atoms with Crippen molar-refractivity contribution in [3.63, 3.8) is 0 Å². The fourth-order valence-corrected chi connectivity index (χ4v) is 3.04. The van der Waals surface area contributed by atoms with Crippen LogP contribution >= 0.6 is 0 Å². The minimum absolute atomic E-state index is 0.241. The van der Waals surface area contributed by atoms with Crippen LogP contribution in [0.25, 0.3) is 0 Å². The van der Waals surface area contributed by atoms with E-state index in [0.717, 1.165) is 11.1 Å². The van der Waals surface area contributed by atoms with Crippen molar-refractivity contribution in [2.75, 3.05) is 0 Å². The van der Waals surface area contributed by atoms with Crippen molar-refractivity contribution in [3.05, 3.63) is 58.7 Å². The fourth-order valence-electron chi connectivity index (χ4n) is 3.04. The highest BCUT2D eigenvalue weighted by Gasteiger charge is 2.26. The molecular weight excluding hydrogens is 312 g/mol. The molecule has 3 heteroatoms. The second-order valence-electron chi connectivity index (χ2n) is 7.34. The van der Waals surface area contributed by atoms with Crippen LogP contribution < -0.4 is 0 Å². The van der Waals surface area contributed by atoms with Gasteiger partial charge in [-0.25, -0.2) is 4.79 Å². The van der Waals surface area contributed by atoms with Crippen molar-refractivity contribution in [3.8, 4) is 0 Å². The van der Waals surface area contributed by atoms with Crippen LogP contribution in [0.3, 0.4) is 0 Å². The van der Waals surface area contributed by atoms with Gasteiger partial charge in [-0.15, -0.1) is 0 Å². The number of ether oxygens (including phenoxy) is 1. The van der Waals surface area contributed by atoms with Gasteiger partial charge in [0.2, 0.25) is 0 Å². The highest BCUT2D eigenvalue weighted by molar-refractivity contribution is 5.91. The summed E-state index contributed by atoms with van der Waals surface area (Å²) in [5.74, 6) is -1.24. The van der Waals surface area contributed by atoms with Crippen LogP contribution in [0.5, 0.6) is 0 Å². The largest absolute Gasteiger partial charge is 0.390 e. The molecule has 0 radical (unpaired) electrons. The third-order valence-electron chi connectivity index (χ3n) is 4.36. The van der Waals surface area contributed by atoms with Crippen molar-refractivity contribution < 1.29 is 14.3 Å². The van der Waals surface area contributed by atoms with Crippen LogP contribution in [0.15, 0.2) is 58.7 Å². The monoisotopic (exact) mass is 342 g/mol. The van der Waals surface area contributed by atoms with Gasteiger partial charge in [0.1, 0.15) is 0 Å². The maximum absolute atomic E-state index is 11.3. The Bertz CT molecular complexity index is 667. The van der Waals surface area contributed by atoms with Gasteiger partial charge < -0.3 is 4.74 Å². The minimum Gasteiger partial charge on any atom is -0.390 e. The van der Waals surface area contributed by atoms with E-state index in [4.69, 9.17) is 0 Å². The molecule has 25 heavy (non-hydrogen) atoms. The lowest BCUT2D eigenvalue weighted by Gasteiger charge is -2.32. The average Bonchev–Trinajstić information content (AvgIpc) is 2.44. The van der Waals surface area contributed by atoms with Crippen LogP contribution in [0.2, 0.25) is 0 Å². The van der Waals surface area contributed by atoms with E-state index >= 15 is 0 Å². The van der Waals surface area contributed by atoms with Gasteiger partial charge in [-0.2, -0.15) is 0 Å². The van der Waals surface area contributed by atoms with Gasteiger partial charge in [0.15, 0.2) is 0 Å². The van der Waals surface area contributed by atoms with E-state index < -0.39 is 11.9 Å². The summed E-state index contributed by atoms with van der Waals surface area (Å²) in [4.78, 5) is 22.0. The number of hydrogen-bond donors (Lipinski definition) is 0. The molecular formula is C22H30O3. The first kappa shape index (κ1) is 20.9. The highest BCUT2D eigenvalue weighted by atomic mass is 16.6. The van der Waals surface area contributed by atoms with E-state index in [2.05, 4.69) is 44.6 Å². The summed E-state index contributed by atoms with van der Waals surface area (Å²) in [5, 5.41) is 0. The third-order valence-corrected chi connectivity index (χ3v) is 4.36. The Labute approximate surface area is 151 Å². The zero-order chi connectivity index (χ0) is 19.0. The summed E-state index contributed by atoms with van der Waals surface area (Å²) in [7, 11) is 0. The smallest absolute Gasteiger partial charge is 0.338 e. The quantitative estimate of drug-likeness (QED) is 0.282.